The normalized spacial score (nSPS) is 34.3. The Morgan fingerprint density at radius 1 is 0.382 bits per heavy atom. The summed E-state index contributed by atoms with van der Waals surface area (Å²) in [6.07, 6.45) is 2.53. The average Bonchev–Trinajstić information content (AvgIpc) is 3.44. The van der Waals surface area contributed by atoms with Crippen LogP contribution in [0.3, 0.4) is 0 Å². The van der Waals surface area contributed by atoms with Crippen molar-refractivity contribution in [1.82, 2.24) is 0 Å². The molecule has 18 unspecified atom stereocenters. The van der Waals surface area contributed by atoms with Crippen molar-refractivity contribution in [3.63, 3.8) is 0 Å². The Kier molecular flexibility index (Phi) is 36.1. The molecule has 4 saturated heterocycles. The van der Waals surface area contributed by atoms with E-state index in [4.69, 9.17) is 80.5 Å². The first-order valence-electron chi connectivity index (χ1n) is 30.3. The third-order valence-corrected chi connectivity index (χ3v) is 14.7. The van der Waals surface area contributed by atoms with Gasteiger partial charge in [-0.25, -0.2) is 0 Å². The van der Waals surface area contributed by atoms with Crippen LogP contribution in [-0.4, -0.2) is 209 Å². The monoisotopic (exact) mass is 1090 g/mol. The molecule has 4 aliphatic heterocycles. The SMILES string of the molecule is CCCCOCC1OCCC(OC2OC(CO)C(OC)C(OC)C2OC2OC(COCCCC)C(OCCCC)C(OCCCC)C2OCCCC)C1OC1OC(C)C(OCCCC)C(OCCCC)C1OCCCC. The first-order chi connectivity index (χ1) is 37.2. The van der Waals surface area contributed by atoms with Crippen molar-refractivity contribution in [2.24, 2.45) is 0 Å². The maximum atomic E-state index is 10.9. The fraction of sp³-hybridized carbons (Fsp3) is 1.00. The highest BCUT2D eigenvalue weighted by atomic mass is 16.8. The van der Waals surface area contributed by atoms with Gasteiger partial charge in [0.1, 0.15) is 79.4 Å². The highest BCUT2D eigenvalue weighted by Gasteiger charge is 2.56. The van der Waals surface area contributed by atoms with E-state index in [0.717, 1.165) is 103 Å². The first kappa shape index (κ1) is 67.8. The Bertz CT molecular complexity index is 1390. The molecule has 0 bridgehead atoms. The Balaban J connectivity index is 1.80. The van der Waals surface area contributed by atoms with Gasteiger partial charge in [-0.2, -0.15) is 0 Å². The van der Waals surface area contributed by atoms with E-state index in [1.807, 2.05) is 6.92 Å². The largest absolute Gasteiger partial charge is 0.394 e. The number of methoxy groups -OCH3 is 2. The van der Waals surface area contributed by atoms with E-state index < -0.39 is 104 Å². The molecular formula is C58H110O18. The highest BCUT2D eigenvalue weighted by Crippen LogP contribution is 2.38. The van der Waals surface area contributed by atoms with Gasteiger partial charge in [-0.15, -0.1) is 0 Å². The molecular weight excluding hydrogens is 985 g/mol. The molecule has 0 aromatic rings. The van der Waals surface area contributed by atoms with Crippen LogP contribution in [0.15, 0.2) is 0 Å². The molecule has 0 aromatic carbocycles. The smallest absolute Gasteiger partial charge is 0.187 e. The van der Waals surface area contributed by atoms with Gasteiger partial charge in [-0.1, -0.05) is 107 Å². The maximum absolute atomic E-state index is 10.9. The standard InChI is InChI=1S/C58H110O18/c1-12-20-29-62-39-44-47(75-56-53(69-35-26-18-7)51(67-33-24-16-5)46(41(9)71-56)65-31-22-14-3)42(28-37-64-44)72-58-55(50(61-11)48(60-10)43(38-59)73-58)76-57-54(70-36-27-19-8)52(68-34-25-17-6)49(66-32-23-15-4)45(74-57)40-63-30-21-13-2/h41-59H,12-40H2,1-11H3. The number of aliphatic hydroxyl groups is 1. The summed E-state index contributed by atoms with van der Waals surface area (Å²) in [6.45, 7) is 23.9. The minimum absolute atomic E-state index is 0.250. The van der Waals surface area contributed by atoms with Crippen LogP contribution in [0.1, 0.15) is 171 Å². The lowest BCUT2D eigenvalue weighted by atomic mass is 9.95. The van der Waals surface area contributed by atoms with Gasteiger partial charge in [0, 0.05) is 73.7 Å². The van der Waals surface area contributed by atoms with E-state index in [1.165, 1.54) is 0 Å². The Morgan fingerprint density at radius 3 is 1.26 bits per heavy atom. The van der Waals surface area contributed by atoms with Crippen LogP contribution in [0.5, 0.6) is 0 Å². The summed E-state index contributed by atoms with van der Waals surface area (Å²) in [5.41, 5.74) is 0. The van der Waals surface area contributed by atoms with Crippen molar-refractivity contribution in [1.29, 1.82) is 0 Å². The summed E-state index contributed by atoms with van der Waals surface area (Å²) in [6, 6.07) is 0. The van der Waals surface area contributed by atoms with Crippen LogP contribution in [0.2, 0.25) is 0 Å². The predicted molar refractivity (Wildman–Crippen MR) is 289 cm³/mol. The first-order valence-corrected chi connectivity index (χ1v) is 30.3. The second kappa shape index (κ2) is 40.5. The van der Waals surface area contributed by atoms with Crippen LogP contribution in [-0.2, 0) is 80.5 Å². The van der Waals surface area contributed by atoms with Crippen molar-refractivity contribution < 1.29 is 85.6 Å². The highest BCUT2D eigenvalue weighted by molar-refractivity contribution is 4.99. The zero-order valence-corrected chi connectivity index (χ0v) is 49.3. The number of aliphatic hydroxyl groups excluding tert-OH is 1. The summed E-state index contributed by atoms with van der Waals surface area (Å²) in [5, 5.41) is 10.9. The lowest BCUT2D eigenvalue weighted by Crippen LogP contribution is -2.67. The summed E-state index contributed by atoms with van der Waals surface area (Å²) < 4.78 is 114. The third kappa shape index (κ3) is 21.6. The third-order valence-electron chi connectivity index (χ3n) is 14.7. The zero-order chi connectivity index (χ0) is 54.9. The molecule has 18 atom stereocenters. The lowest BCUT2D eigenvalue weighted by Gasteiger charge is -2.51. The van der Waals surface area contributed by atoms with Crippen LogP contribution in [0, 0.1) is 0 Å². The van der Waals surface area contributed by atoms with Gasteiger partial charge in [0.15, 0.2) is 18.9 Å². The van der Waals surface area contributed by atoms with E-state index in [2.05, 4.69) is 55.4 Å². The summed E-state index contributed by atoms with van der Waals surface area (Å²) >= 11 is 0. The molecule has 4 rings (SSSR count). The van der Waals surface area contributed by atoms with Crippen molar-refractivity contribution in [3.8, 4) is 0 Å². The fourth-order valence-electron chi connectivity index (χ4n) is 10.1. The number of hydrogen-bond acceptors (Lipinski definition) is 18. The van der Waals surface area contributed by atoms with Crippen molar-refractivity contribution in [2.45, 2.75) is 282 Å². The molecule has 76 heavy (non-hydrogen) atoms. The molecule has 0 saturated carbocycles. The molecule has 0 aliphatic carbocycles. The van der Waals surface area contributed by atoms with Crippen LogP contribution >= 0.6 is 0 Å². The van der Waals surface area contributed by atoms with E-state index in [9.17, 15) is 5.11 Å². The van der Waals surface area contributed by atoms with E-state index in [1.54, 1.807) is 14.2 Å². The van der Waals surface area contributed by atoms with Gasteiger partial charge >= 0.3 is 0 Å². The van der Waals surface area contributed by atoms with Gasteiger partial charge in [0.25, 0.3) is 0 Å². The summed E-state index contributed by atoms with van der Waals surface area (Å²) in [5.74, 6) is 0. The van der Waals surface area contributed by atoms with Crippen molar-refractivity contribution >= 4 is 0 Å². The molecule has 450 valence electrons. The summed E-state index contributed by atoms with van der Waals surface area (Å²) in [7, 11) is 3.17. The second-order valence-corrected chi connectivity index (χ2v) is 20.9. The predicted octanol–water partition coefficient (Wildman–Crippen LogP) is 8.89. The second-order valence-electron chi connectivity index (χ2n) is 20.9. The molecule has 0 radical (unpaired) electrons. The maximum Gasteiger partial charge on any atom is 0.187 e. The van der Waals surface area contributed by atoms with Crippen LogP contribution < -0.4 is 0 Å². The van der Waals surface area contributed by atoms with Crippen LogP contribution in [0.4, 0.5) is 0 Å². The van der Waals surface area contributed by atoms with Crippen LogP contribution in [0.25, 0.3) is 0 Å². The van der Waals surface area contributed by atoms with Crippen molar-refractivity contribution in [2.75, 3.05) is 93.5 Å². The molecule has 4 fully saturated rings. The number of rotatable bonds is 43. The van der Waals surface area contributed by atoms with Gasteiger partial charge in [0.05, 0.1) is 32.0 Å². The Labute approximate surface area is 459 Å². The molecule has 0 aromatic heterocycles. The number of hydrogen-bond donors (Lipinski definition) is 1. The van der Waals surface area contributed by atoms with E-state index in [0.29, 0.717) is 65.9 Å². The molecule has 0 amide bonds. The Hall–Kier alpha value is -0.720. The summed E-state index contributed by atoms with van der Waals surface area (Å²) in [4.78, 5) is 0. The van der Waals surface area contributed by atoms with Gasteiger partial charge in [0.2, 0.25) is 0 Å². The van der Waals surface area contributed by atoms with Gasteiger partial charge in [-0.05, 0) is 64.7 Å². The number of unbranched alkanes of at least 4 members (excludes halogenated alkanes) is 8. The Morgan fingerprint density at radius 2 is 0.776 bits per heavy atom. The molecule has 18 heteroatoms. The van der Waals surface area contributed by atoms with Gasteiger partial charge in [-0.3, -0.25) is 0 Å². The quantitative estimate of drug-likeness (QED) is 0.0572. The molecule has 18 nitrogen and oxygen atoms in total. The lowest BCUT2D eigenvalue weighted by molar-refractivity contribution is -0.391. The zero-order valence-electron chi connectivity index (χ0n) is 49.3. The average molecular weight is 1100 g/mol. The topological polar surface area (TPSA) is 177 Å². The molecule has 1 N–H and O–H groups in total. The molecule has 4 heterocycles. The van der Waals surface area contributed by atoms with Crippen molar-refractivity contribution in [3.05, 3.63) is 0 Å². The van der Waals surface area contributed by atoms with E-state index in [-0.39, 0.29) is 25.9 Å². The minimum atomic E-state index is -1.15. The fourth-order valence-corrected chi connectivity index (χ4v) is 10.1. The minimum Gasteiger partial charge on any atom is -0.394 e. The number of ether oxygens (including phenoxy) is 17. The van der Waals surface area contributed by atoms with E-state index >= 15 is 0 Å². The molecule has 4 aliphatic rings. The molecule has 0 spiro atoms. The van der Waals surface area contributed by atoms with Gasteiger partial charge < -0.3 is 85.6 Å².